The van der Waals surface area contributed by atoms with E-state index >= 15 is 0 Å². The van der Waals surface area contributed by atoms with E-state index in [0.717, 1.165) is 30.9 Å². The molecule has 2 rings (SSSR count). The summed E-state index contributed by atoms with van der Waals surface area (Å²) in [5.41, 5.74) is 1.63. The summed E-state index contributed by atoms with van der Waals surface area (Å²) in [5.74, 6) is 0. The molecule has 0 bridgehead atoms. The number of rotatable bonds is 4. The number of nitrogens with zero attached hydrogens (tertiary/aromatic N) is 4. The third kappa shape index (κ3) is 3.85. The van der Waals surface area contributed by atoms with Crippen molar-refractivity contribution in [2.75, 3.05) is 18.4 Å². The molecule has 1 N–H and O–H groups in total. The van der Waals surface area contributed by atoms with Gasteiger partial charge in [-0.15, -0.1) is 0 Å². The van der Waals surface area contributed by atoms with E-state index in [0.29, 0.717) is 0 Å². The molecule has 5 heteroatoms. The zero-order valence-corrected chi connectivity index (χ0v) is 12.3. The Balaban J connectivity index is 2.22. The SMILES string of the molecule is N#CC(C#N)=C(C#N)Nc1ccccc1CN1CCCCC1. The molecule has 0 spiro atoms. The molecule has 1 heterocycles. The molecule has 0 atom stereocenters. The number of nitriles is 3. The van der Waals surface area contributed by atoms with Crippen LogP contribution in [-0.2, 0) is 6.54 Å². The summed E-state index contributed by atoms with van der Waals surface area (Å²) in [5, 5.41) is 29.9. The molecule has 1 aromatic rings. The minimum Gasteiger partial charge on any atom is -0.345 e. The van der Waals surface area contributed by atoms with Crippen LogP contribution in [-0.4, -0.2) is 18.0 Å². The van der Waals surface area contributed by atoms with Crippen LogP contribution >= 0.6 is 0 Å². The normalized spacial score (nSPS) is 14.2. The van der Waals surface area contributed by atoms with Gasteiger partial charge in [-0.2, -0.15) is 15.8 Å². The summed E-state index contributed by atoms with van der Waals surface area (Å²) < 4.78 is 0. The zero-order chi connectivity index (χ0) is 15.8. The molecule has 1 aliphatic rings. The van der Waals surface area contributed by atoms with Gasteiger partial charge in [-0.1, -0.05) is 24.6 Å². The molecule has 0 aliphatic carbocycles. The second-order valence-corrected chi connectivity index (χ2v) is 5.20. The van der Waals surface area contributed by atoms with Crippen LogP contribution < -0.4 is 5.32 Å². The first kappa shape index (κ1) is 15.6. The lowest BCUT2D eigenvalue weighted by atomic mass is 10.1. The van der Waals surface area contributed by atoms with E-state index in [1.54, 1.807) is 12.1 Å². The van der Waals surface area contributed by atoms with Crippen molar-refractivity contribution in [3.63, 3.8) is 0 Å². The average molecular weight is 291 g/mol. The summed E-state index contributed by atoms with van der Waals surface area (Å²) >= 11 is 0. The lowest BCUT2D eigenvalue weighted by molar-refractivity contribution is 0.221. The third-order valence-corrected chi connectivity index (χ3v) is 3.71. The zero-order valence-electron chi connectivity index (χ0n) is 12.3. The molecule has 1 aromatic carbocycles. The monoisotopic (exact) mass is 291 g/mol. The Labute approximate surface area is 130 Å². The van der Waals surface area contributed by atoms with Gasteiger partial charge in [-0.3, -0.25) is 4.90 Å². The highest BCUT2D eigenvalue weighted by Gasteiger charge is 2.14. The first-order valence-electron chi connectivity index (χ1n) is 7.30. The molecule has 22 heavy (non-hydrogen) atoms. The van der Waals surface area contributed by atoms with Gasteiger partial charge in [0.15, 0.2) is 5.57 Å². The lowest BCUT2D eigenvalue weighted by Gasteiger charge is -2.27. The molecule has 1 aliphatic heterocycles. The van der Waals surface area contributed by atoms with Crippen LogP contribution in [0.3, 0.4) is 0 Å². The Bertz CT molecular complexity index is 662. The fourth-order valence-corrected chi connectivity index (χ4v) is 2.56. The third-order valence-electron chi connectivity index (χ3n) is 3.71. The Morgan fingerprint density at radius 3 is 2.32 bits per heavy atom. The second-order valence-electron chi connectivity index (χ2n) is 5.20. The maximum atomic E-state index is 9.15. The standard InChI is InChI=1S/C17H17N5/c18-10-15(11-19)17(12-20)21-16-7-3-2-6-14(16)13-22-8-4-1-5-9-22/h2-3,6-7,21H,1,4-5,8-9,13H2. The number of para-hydroxylation sites is 1. The number of hydrogen-bond donors (Lipinski definition) is 1. The minimum atomic E-state index is -0.199. The van der Waals surface area contributed by atoms with Crippen LogP contribution in [0.2, 0.25) is 0 Å². The summed E-state index contributed by atoms with van der Waals surface area (Å²) in [4.78, 5) is 2.38. The van der Waals surface area contributed by atoms with Crippen molar-refractivity contribution in [1.82, 2.24) is 4.90 Å². The molecule has 0 amide bonds. The van der Waals surface area contributed by atoms with E-state index < -0.39 is 0 Å². The summed E-state index contributed by atoms with van der Waals surface area (Å²) in [6.07, 6.45) is 3.71. The predicted molar refractivity (Wildman–Crippen MR) is 83.1 cm³/mol. The molecular weight excluding hydrogens is 274 g/mol. The molecular formula is C17H17N5. The van der Waals surface area contributed by atoms with Gasteiger partial charge in [0.25, 0.3) is 0 Å². The highest BCUT2D eigenvalue weighted by atomic mass is 15.1. The van der Waals surface area contributed by atoms with Crippen LogP contribution in [0, 0.1) is 34.0 Å². The number of allylic oxidation sites excluding steroid dienone is 2. The number of hydrogen-bond acceptors (Lipinski definition) is 5. The van der Waals surface area contributed by atoms with Gasteiger partial charge in [-0.25, -0.2) is 0 Å². The molecule has 0 aromatic heterocycles. The van der Waals surface area contributed by atoms with Gasteiger partial charge in [0, 0.05) is 12.2 Å². The quantitative estimate of drug-likeness (QED) is 0.862. The lowest BCUT2D eigenvalue weighted by Crippen LogP contribution is -2.29. The van der Waals surface area contributed by atoms with Crippen molar-refractivity contribution >= 4 is 5.69 Å². The largest absolute Gasteiger partial charge is 0.345 e. The summed E-state index contributed by atoms with van der Waals surface area (Å²) in [7, 11) is 0. The molecule has 110 valence electrons. The minimum absolute atomic E-state index is 0.00362. The van der Waals surface area contributed by atoms with Gasteiger partial charge in [0.2, 0.25) is 0 Å². The van der Waals surface area contributed by atoms with E-state index in [1.807, 2.05) is 30.3 Å². The number of benzene rings is 1. The van der Waals surface area contributed by atoms with E-state index in [-0.39, 0.29) is 11.3 Å². The van der Waals surface area contributed by atoms with Gasteiger partial charge in [0.05, 0.1) is 0 Å². The number of nitrogens with one attached hydrogen (secondary N) is 1. The average Bonchev–Trinajstić information content (AvgIpc) is 2.57. The number of anilines is 1. The molecule has 1 saturated heterocycles. The maximum absolute atomic E-state index is 9.15. The molecule has 0 saturated carbocycles. The highest BCUT2D eigenvalue weighted by Crippen LogP contribution is 2.21. The van der Waals surface area contributed by atoms with Crippen molar-refractivity contribution in [2.45, 2.75) is 25.8 Å². The Hall–Kier alpha value is -2.81. The van der Waals surface area contributed by atoms with Gasteiger partial charge >= 0.3 is 0 Å². The van der Waals surface area contributed by atoms with Crippen LogP contribution in [0.15, 0.2) is 35.5 Å². The van der Waals surface area contributed by atoms with Crippen molar-refractivity contribution in [3.05, 3.63) is 41.1 Å². The molecule has 5 nitrogen and oxygen atoms in total. The van der Waals surface area contributed by atoms with Crippen molar-refractivity contribution in [2.24, 2.45) is 0 Å². The van der Waals surface area contributed by atoms with E-state index in [4.69, 9.17) is 15.8 Å². The molecule has 0 radical (unpaired) electrons. The summed E-state index contributed by atoms with van der Waals surface area (Å²) in [6.45, 7) is 2.96. The predicted octanol–water partition coefficient (Wildman–Crippen LogP) is 2.91. The maximum Gasteiger partial charge on any atom is 0.163 e. The van der Waals surface area contributed by atoms with Crippen LogP contribution in [0.5, 0.6) is 0 Å². The molecule has 1 fully saturated rings. The van der Waals surface area contributed by atoms with Crippen LogP contribution in [0.4, 0.5) is 5.69 Å². The first-order chi connectivity index (χ1) is 10.8. The fraction of sp³-hybridized carbons (Fsp3) is 0.353. The van der Waals surface area contributed by atoms with Crippen LogP contribution in [0.25, 0.3) is 0 Å². The van der Waals surface area contributed by atoms with E-state index in [9.17, 15) is 0 Å². The van der Waals surface area contributed by atoms with E-state index in [2.05, 4.69) is 10.2 Å². The fourth-order valence-electron chi connectivity index (χ4n) is 2.56. The number of likely N-dealkylation sites (tertiary alicyclic amines) is 1. The topological polar surface area (TPSA) is 86.6 Å². The van der Waals surface area contributed by atoms with Crippen molar-refractivity contribution < 1.29 is 0 Å². The van der Waals surface area contributed by atoms with Crippen molar-refractivity contribution in [3.8, 4) is 18.2 Å². The van der Waals surface area contributed by atoms with E-state index in [1.165, 1.54) is 19.3 Å². The number of piperidine rings is 1. The Morgan fingerprint density at radius 2 is 1.68 bits per heavy atom. The van der Waals surface area contributed by atoms with Gasteiger partial charge in [-0.05, 0) is 37.6 Å². The van der Waals surface area contributed by atoms with Gasteiger partial charge in [0.1, 0.15) is 23.9 Å². The Kier molecular flexibility index (Phi) is 5.55. The van der Waals surface area contributed by atoms with Crippen molar-refractivity contribution in [1.29, 1.82) is 15.8 Å². The smallest absolute Gasteiger partial charge is 0.163 e. The second kappa shape index (κ2) is 7.84. The van der Waals surface area contributed by atoms with Crippen LogP contribution in [0.1, 0.15) is 24.8 Å². The summed E-state index contributed by atoms with van der Waals surface area (Å²) in [6, 6.07) is 13.1. The first-order valence-corrected chi connectivity index (χ1v) is 7.30. The highest BCUT2D eigenvalue weighted by molar-refractivity contribution is 5.61. The Morgan fingerprint density at radius 1 is 1.00 bits per heavy atom. The molecule has 0 unspecified atom stereocenters. The van der Waals surface area contributed by atoms with Gasteiger partial charge < -0.3 is 5.32 Å².